The van der Waals surface area contributed by atoms with Crippen LogP contribution in [-0.4, -0.2) is 55.6 Å². The molecule has 0 saturated carbocycles. The molecular weight excluding hydrogens is 323 g/mol. The molecule has 1 aromatic rings. The Hall–Kier alpha value is -1.15. The molecule has 1 atom stereocenters. The highest BCUT2D eigenvalue weighted by molar-refractivity contribution is 5.24. The van der Waals surface area contributed by atoms with Crippen molar-refractivity contribution < 1.29 is 27.8 Å². The van der Waals surface area contributed by atoms with Crippen molar-refractivity contribution in [2.75, 3.05) is 33.4 Å². The van der Waals surface area contributed by atoms with Gasteiger partial charge in [-0.1, -0.05) is 12.1 Å². The lowest BCUT2D eigenvalue weighted by atomic mass is 10.1. The van der Waals surface area contributed by atoms with Gasteiger partial charge in [-0.3, -0.25) is 4.90 Å². The number of hydrogen-bond donors (Lipinski definition) is 1. The van der Waals surface area contributed by atoms with E-state index >= 15 is 0 Å². The van der Waals surface area contributed by atoms with Crippen molar-refractivity contribution in [3.63, 3.8) is 0 Å². The number of alkyl halides is 3. The lowest BCUT2D eigenvalue weighted by Gasteiger charge is -2.25. The fourth-order valence-corrected chi connectivity index (χ4v) is 2.68. The van der Waals surface area contributed by atoms with Crippen molar-refractivity contribution in [1.82, 2.24) is 4.90 Å². The van der Waals surface area contributed by atoms with E-state index in [0.29, 0.717) is 26.3 Å². The molecule has 136 valence electrons. The summed E-state index contributed by atoms with van der Waals surface area (Å²) >= 11 is 0. The fraction of sp³-hybridized carbons (Fsp3) is 0.647. The fourth-order valence-electron chi connectivity index (χ4n) is 2.68. The minimum Gasteiger partial charge on any atom is -0.389 e. The molecule has 0 radical (unpaired) electrons. The second kappa shape index (κ2) is 8.80. The van der Waals surface area contributed by atoms with Gasteiger partial charge in [0.2, 0.25) is 0 Å². The Morgan fingerprint density at radius 2 is 1.88 bits per heavy atom. The lowest BCUT2D eigenvalue weighted by molar-refractivity contribution is -0.137. The third-order valence-electron chi connectivity index (χ3n) is 3.95. The van der Waals surface area contributed by atoms with E-state index in [1.807, 2.05) is 11.9 Å². The molecule has 4 nitrogen and oxygen atoms in total. The third-order valence-corrected chi connectivity index (χ3v) is 3.95. The summed E-state index contributed by atoms with van der Waals surface area (Å²) in [6.07, 6.45) is -3.13. The van der Waals surface area contributed by atoms with Crippen LogP contribution in [0.15, 0.2) is 24.3 Å². The zero-order valence-corrected chi connectivity index (χ0v) is 13.8. The van der Waals surface area contributed by atoms with Crippen molar-refractivity contribution in [2.24, 2.45) is 0 Å². The average molecular weight is 347 g/mol. The van der Waals surface area contributed by atoms with Crippen molar-refractivity contribution in [2.45, 2.75) is 37.8 Å². The monoisotopic (exact) mass is 347 g/mol. The highest BCUT2D eigenvalue weighted by atomic mass is 19.4. The van der Waals surface area contributed by atoms with Crippen LogP contribution in [0.25, 0.3) is 0 Å². The Morgan fingerprint density at radius 3 is 2.46 bits per heavy atom. The quantitative estimate of drug-likeness (QED) is 0.824. The molecule has 0 aliphatic carbocycles. The molecular formula is C17H24F3NO3. The summed E-state index contributed by atoms with van der Waals surface area (Å²) in [6.45, 7) is 2.49. The van der Waals surface area contributed by atoms with Gasteiger partial charge in [-0.05, 0) is 37.6 Å². The third kappa shape index (κ3) is 6.39. The first kappa shape index (κ1) is 19.2. The number of ether oxygens (including phenoxy) is 2. The Kier molecular flexibility index (Phi) is 7.03. The van der Waals surface area contributed by atoms with E-state index in [2.05, 4.69) is 0 Å². The van der Waals surface area contributed by atoms with Crippen LogP contribution in [0.4, 0.5) is 13.2 Å². The standard InChI is InChI=1S/C17H24F3NO3/c1-21(10-13-2-4-14(5-3-13)17(18,19)20)11-15(22)12-24-16-6-8-23-9-7-16/h2-5,15-16,22H,6-12H2,1H3. The zero-order chi connectivity index (χ0) is 17.6. The molecule has 1 fully saturated rings. The van der Waals surface area contributed by atoms with Crippen molar-refractivity contribution >= 4 is 0 Å². The van der Waals surface area contributed by atoms with Crippen LogP contribution in [0.3, 0.4) is 0 Å². The van der Waals surface area contributed by atoms with Crippen LogP contribution in [0.5, 0.6) is 0 Å². The number of benzene rings is 1. The van der Waals surface area contributed by atoms with Gasteiger partial charge in [0.25, 0.3) is 0 Å². The van der Waals surface area contributed by atoms with E-state index < -0.39 is 17.8 Å². The number of nitrogens with zero attached hydrogens (tertiary/aromatic N) is 1. The van der Waals surface area contributed by atoms with Gasteiger partial charge in [0.1, 0.15) is 0 Å². The number of halogens is 3. The van der Waals surface area contributed by atoms with Gasteiger partial charge in [0.15, 0.2) is 0 Å². The van der Waals surface area contributed by atoms with Gasteiger partial charge in [0, 0.05) is 26.3 Å². The first-order chi connectivity index (χ1) is 11.3. The molecule has 1 heterocycles. The van der Waals surface area contributed by atoms with E-state index in [1.54, 1.807) is 0 Å². The number of rotatable bonds is 7. The summed E-state index contributed by atoms with van der Waals surface area (Å²) < 4.78 is 48.5. The van der Waals surface area contributed by atoms with Crippen molar-refractivity contribution in [1.29, 1.82) is 0 Å². The van der Waals surface area contributed by atoms with E-state index in [0.717, 1.165) is 30.5 Å². The molecule has 0 spiro atoms. The molecule has 1 aliphatic heterocycles. The zero-order valence-electron chi connectivity index (χ0n) is 13.8. The van der Waals surface area contributed by atoms with Gasteiger partial charge in [0.05, 0.1) is 24.4 Å². The molecule has 1 unspecified atom stereocenters. The van der Waals surface area contributed by atoms with Crippen LogP contribution in [0.1, 0.15) is 24.0 Å². The molecule has 2 rings (SSSR count). The summed E-state index contributed by atoms with van der Waals surface area (Å²) in [5.74, 6) is 0. The topological polar surface area (TPSA) is 41.9 Å². The molecule has 1 saturated heterocycles. The molecule has 1 N–H and O–H groups in total. The number of aliphatic hydroxyl groups excluding tert-OH is 1. The second-order valence-corrected chi connectivity index (χ2v) is 6.19. The summed E-state index contributed by atoms with van der Waals surface area (Å²) in [7, 11) is 1.81. The van der Waals surface area contributed by atoms with Crippen molar-refractivity contribution in [3.05, 3.63) is 35.4 Å². The molecule has 0 amide bonds. The van der Waals surface area contributed by atoms with Crippen LogP contribution >= 0.6 is 0 Å². The van der Waals surface area contributed by atoms with Gasteiger partial charge in [-0.2, -0.15) is 13.2 Å². The molecule has 1 aliphatic rings. The van der Waals surface area contributed by atoms with Gasteiger partial charge < -0.3 is 14.6 Å². The Labute approximate surface area is 140 Å². The maximum absolute atomic E-state index is 12.5. The molecule has 1 aromatic carbocycles. The first-order valence-corrected chi connectivity index (χ1v) is 8.06. The second-order valence-electron chi connectivity index (χ2n) is 6.19. The highest BCUT2D eigenvalue weighted by Crippen LogP contribution is 2.29. The van der Waals surface area contributed by atoms with Crippen molar-refractivity contribution in [3.8, 4) is 0 Å². The number of hydrogen-bond acceptors (Lipinski definition) is 4. The SMILES string of the molecule is CN(Cc1ccc(C(F)(F)F)cc1)CC(O)COC1CCOCC1. The summed E-state index contributed by atoms with van der Waals surface area (Å²) in [4.78, 5) is 1.86. The number of likely N-dealkylation sites (N-methyl/N-ethyl adjacent to an activating group) is 1. The van der Waals surface area contributed by atoms with E-state index in [-0.39, 0.29) is 12.7 Å². The van der Waals surface area contributed by atoms with E-state index in [9.17, 15) is 18.3 Å². The molecule has 0 bridgehead atoms. The Bertz CT molecular complexity index is 487. The van der Waals surface area contributed by atoms with Gasteiger partial charge >= 0.3 is 6.18 Å². The molecule has 7 heteroatoms. The van der Waals surface area contributed by atoms with Crippen LogP contribution in [0.2, 0.25) is 0 Å². The molecule has 0 aromatic heterocycles. The first-order valence-electron chi connectivity index (χ1n) is 8.06. The summed E-state index contributed by atoms with van der Waals surface area (Å²) in [6, 6.07) is 5.08. The maximum Gasteiger partial charge on any atom is 0.416 e. The highest BCUT2D eigenvalue weighted by Gasteiger charge is 2.29. The number of aliphatic hydroxyl groups is 1. The molecule has 24 heavy (non-hydrogen) atoms. The summed E-state index contributed by atoms with van der Waals surface area (Å²) in [5, 5.41) is 10.0. The smallest absolute Gasteiger partial charge is 0.389 e. The average Bonchev–Trinajstić information content (AvgIpc) is 2.53. The van der Waals surface area contributed by atoms with Gasteiger partial charge in [-0.15, -0.1) is 0 Å². The van der Waals surface area contributed by atoms with E-state index in [4.69, 9.17) is 9.47 Å². The summed E-state index contributed by atoms with van der Waals surface area (Å²) in [5.41, 5.74) is 0.113. The van der Waals surface area contributed by atoms with E-state index in [1.165, 1.54) is 12.1 Å². The predicted molar refractivity (Wildman–Crippen MR) is 83.6 cm³/mol. The minimum atomic E-state index is -4.32. The minimum absolute atomic E-state index is 0.133. The predicted octanol–water partition coefficient (Wildman–Crippen LogP) is 2.69. The Balaban J connectivity index is 1.72. The largest absolute Gasteiger partial charge is 0.416 e. The Morgan fingerprint density at radius 1 is 1.25 bits per heavy atom. The van der Waals surface area contributed by atoms with Gasteiger partial charge in [-0.25, -0.2) is 0 Å². The maximum atomic E-state index is 12.5. The van der Waals surface area contributed by atoms with Crippen LogP contribution in [0, 0.1) is 0 Å². The lowest BCUT2D eigenvalue weighted by Crippen LogP contribution is -2.34. The van der Waals surface area contributed by atoms with Crippen LogP contribution in [-0.2, 0) is 22.2 Å². The normalized spacial score (nSPS) is 18.1. The van der Waals surface area contributed by atoms with Crippen LogP contribution < -0.4 is 0 Å².